The lowest BCUT2D eigenvalue weighted by molar-refractivity contribution is -0.277. The number of amides is 2. The molecule has 0 aliphatic carbocycles. The van der Waals surface area contributed by atoms with Crippen molar-refractivity contribution in [1.29, 1.82) is 0 Å². The van der Waals surface area contributed by atoms with Gasteiger partial charge in [0.2, 0.25) is 12.6 Å². The molecule has 0 radical (unpaired) electrons. The highest BCUT2D eigenvalue weighted by atomic mass is 16.7. The van der Waals surface area contributed by atoms with Crippen molar-refractivity contribution < 1.29 is 78.9 Å². The molecule has 4 aromatic rings. The molecule has 6 rings (SSSR count). The van der Waals surface area contributed by atoms with Gasteiger partial charge in [0.15, 0.2) is 0 Å². The maximum Gasteiger partial charge on any atom is 0.251 e. The van der Waals surface area contributed by atoms with Crippen LogP contribution in [0.15, 0.2) is 97.1 Å². The van der Waals surface area contributed by atoms with Crippen molar-refractivity contribution >= 4 is 11.8 Å². The smallest absolute Gasteiger partial charge is 0.251 e. The van der Waals surface area contributed by atoms with Gasteiger partial charge in [-0.3, -0.25) is 9.59 Å². The summed E-state index contributed by atoms with van der Waals surface area (Å²) in [5, 5.41) is 84.9. The SMILES string of the molecule is O=C(NCCOCCOCCNC(=O)c1cccc(-c2ccc(O[C@H]3O[C@H](CO)[C@@H](O)[C@H](O)[C@@H]3O)cc2)c1)c1cccc(-c2ccc(O[C@H]3O[C@H](CO)[C@@H](O)[C@H](O)[C@@H]3O)cc2)c1. The van der Waals surface area contributed by atoms with E-state index in [1.165, 1.54) is 0 Å². The van der Waals surface area contributed by atoms with Crippen LogP contribution >= 0.6 is 0 Å². The minimum atomic E-state index is -1.55. The first-order valence-corrected chi connectivity index (χ1v) is 20.0. The average Bonchev–Trinajstić information content (AvgIpc) is 3.30. The molecule has 10 atom stereocenters. The molecular weight excluding hydrogens is 812 g/mol. The molecule has 0 aromatic heterocycles. The maximum absolute atomic E-state index is 12.8. The zero-order chi connectivity index (χ0) is 44.2. The first kappa shape index (κ1) is 46.4. The van der Waals surface area contributed by atoms with Gasteiger partial charge in [-0.05, 0) is 70.8 Å². The second-order valence-electron chi connectivity index (χ2n) is 14.6. The molecule has 2 fully saturated rings. The summed E-state index contributed by atoms with van der Waals surface area (Å²) in [7, 11) is 0. The molecule has 62 heavy (non-hydrogen) atoms. The third-order valence-electron chi connectivity index (χ3n) is 10.3. The highest BCUT2D eigenvalue weighted by molar-refractivity contribution is 5.96. The van der Waals surface area contributed by atoms with Crippen LogP contribution in [0.25, 0.3) is 22.3 Å². The average molecular weight is 865 g/mol. The normalized spacial score (nSPS) is 26.1. The Morgan fingerprint density at radius 3 is 1.24 bits per heavy atom. The minimum Gasteiger partial charge on any atom is -0.462 e. The van der Waals surface area contributed by atoms with Crippen LogP contribution in [0.5, 0.6) is 11.5 Å². The molecule has 10 N–H and O–H groups in total. The van der Waals surface area contributed by atoms with Gasteiger partial charge in [-0.15, -0.1) is 0 Å². The van der Waals surface area contributed by atoms with Gasteiger partial charge >= 0.3 is 0 Å². The van der Waals surface area contributed by atoms with Crippen molar-refractivity contribution in [2.75, 3.05) is 52.7 Å². The van der Waals surface area contributed by atoms with Gasteiger partial charge < -0.3 is 79.9 Å². The summed E-state index contributed by atoms with van der Waals surface area (Å²) in [6, 6.07) is 27.6. The monoisotopic (exact) mass is 864 g/mol. The molecule has 0 bridgehead atoms. The fourth-order valence-corrected chi connectivity index (χ4v) is 6.73. The Bertz CT molecular complexity index is 1890. The lowest BCUT2D eigenvalue weighted by Crippen LogP contribution is -2.60. The van der Waals surface area contributed by atoms with Crippen molar-refractivity contribution in [3.8, 4) is 33.8 Å². The number of nitrogens with one attached hydrogen (secondary N) is 2. The van der Waals surface area contributed by atoms with Crippen molar-refractivity contribution in [2.24, 2.45) is 0 Å². The van der Waals surface area contributed by atoms with Crippen molar-refractivity contribution in [1.82, 2.24) is 10.6 Å². The predicted octanol–water partition coefficient (Wildman–Crippen LogP) is -0.429. The van der Waals surface area contributed by atoms with E-state index in [9.17, 15) is 50.4 Å². The minimum absolute atomic E-state index is 0.256. The number of carbonyl (C=O) groups is 2. The molecule has 4 aromatic carbocycles. The number of ether oxygens (including phenoxy) is 6. The number of aliphatic hydroxyl groups is 8. The predicted molar refractivity (Wildman–Crippen MR) is 219 cm³/mol. The van der Waals surface area contributed by atoms with Crippen molar-refractivity contribution in [3.63, 3.8) is 0 Å². The summed E-state index contributed by atoms with van der Waals surface area (Å²) in [6.07, 6.45) is -13.9. The number of carbonyl (C=O) groups excluding carboxylic acids is 2. The molecule has 334 valence electrons. The largest absolute Gasteiger partial charge is 0.462 e. The van der Waals surface area contributed by atoms with Crippen molar-refractivity contribution in [2.45, 2.75) is 61.4 Å². The van der Waals surface area contributed by atoms with E-state index in [1.807, 2.05) is 12.1 Å². The number of benzene rings is 4. The Morgan fingerprint density at radius 1 is 0.484 bits per heavy atom. The van der Waals surface area contributed by atoms with E-state index in [0.717, 1.165) is 22.3 Å². The van der Waals surface area contributed by atoms with Gasteiger partial charge in [0.05, 0.1) is 39.6 Å². The third-order valence-corrected chi connectivity index (χ3v) is 10.3. The van der Waals surface area contributed by atoms with E-state index >= 15 is 0 Å². The summed E-state index contributed by atoms with van der Waals surface area (Å²) in [4.78, 5) is 25.7. The van der Waals surface area contributed by atoms with E-state index in [-0.39, 0.29) is 51.3 Å². The Hall–Kier alpha value is -5.06. The summed E-state index contributed by atoms with van der Waals surface area (Å²) in [5.41, 5.74) is 3.98. The van der Waals surface area contributed by atoms with E-state index in [4.69, 9.17) is 28.4 Å². The number of rotatable bonds is 19. The van der Waals surface area contributed by atoms with E-state index in [0.29, 0.717) is 22.6 Å². The fraction of sp³-hybridized carbons (Fsp3) is 0.409. The van der Waals surface area contributed by atoms with Crippen LogP contribution in [0.1, 0.15) is 20.7 Å². The van der Waals surface area contributed by atoms with Crippen LogP contribution in [0.2, 0.25) is 0 Å². The lowest BCUT2D eigenvalue weighted by atomic mass is 9.99. The van der Waals surface area contributed by atoms with Crippen LogP contribution in [0.4, 0.5) is 0 Å². The van der Waals surface area contributed by atoms with Crippen LogP contribution < -0.4 is 20.1 Å². The molecule has 2 aliphatic heterocycles. The van der Waals surface area contributed by atoms with Crippen LogP contribution in [-0.2, 0) is 18.9 Å². The molecule has 18 heteroatoms. The fourth-order valence-electron chi connectivity index (χ4n) is 6.73. The highest BCUT2D eigenvalue weighted by Gasteiger charge is 2.45. The van der Waals surface area contributed by atoms with Gasteiger partial charge in [-0.2, -0.15) is 0 Å². The van der Waals surface area contributed by atoms with Crippen molar-refractivity contribution in [3.05, 3.63) is 108 Å². The Morgan fingerprint density at radius 2 is 0.871 bits per heavy atom. The van der Waals surface area contributed by atoms with Gasteiger partial charge in [-0.1, -0.05) is 48.5 Å². The highest BCUT2D eigenvalue weighted by Crippen LogP contribution is 2.29. The van der Waals surface area contributed by atoms with Gasteiger partial charge in [-0.25, -0.2) is 0 Å². The van der Waals surface area contributed by atoms with E-state index in [1.54, 1.807) is 84.9 Å². The summed E-state index contributed by atoms with van der Waals surface area (Å²) < 4.78 is 33.3. The van der Waals surface area contributed by atoms with Crippen LogP contribution in [-0.4, -0.2) is 167 Å². The Balaban J connectivity index is 0.846. The zero-order valence-electron chi connectivity index (χ0n) is 33.5. The Labute approximate surface area is 356 Å². The molecule has 0 unspecified atom stereocenters. The van der Waals surface area contributed by atoms with E-state index < -0.39 is 74.6 Å². The first-order chi connectivity index (χ1) is 30.0. The zero-order valence-corrected chi connectivity index (χ0v) is 33.5. The van der Waals surface area contributed by atoms with Gasteiger partial charge in [0.1, 0.15) is 60.3 Å². The molecule has 0 spiro atoms. The van der Waals surface area contributed by atoms with Crippen LogP contribution in [0, 0.1) is 0 Å². The first-order valence-electron chi connectivity index (χ1n) is 20.0. The molecule has 2 saturated heterocycles. The van der Waals surface area contributed by atoms with Crippen LogP contribution in [0.3, 0.4) is 0 Å². The molecule has 0 saturated carbocycles. The standard InChI is InChI=1S/C44H52N2O16/c47-23-33-35(49)37(51)39(53)43(61-33)59-31-11-7-25(8-12-31)27-3-1-5-29(21-27)41(55)45-15-17-57-19-20-58-18-16-46-42(56)30-6-2-4-28(22-30)26-9-13-32(14-10-26)60-44-40(54)38(52)36(50)34(24-48)62-44/h1-14,21-22,33-40,43-44,47-54H,15-20,23-24H2,(H,45,55)(H,46,56)/t33-,34-,35-,36-,37+,38+,39+,40+,43+,44+/m1/s1. The quantitative estimate of drug-likeness (QED) is 0.0536. The number of hydrogen-bond donors (Lipinski definition) is 10. The maximum atomic E-state index is 12.8. The lowest BCUT2D eigenvalue weighted by Gasteiger charge is -2.39. The molecule has 2 heterocycles. The second-order valence-corrected chi connectivity index (χ2v) is 14.6. The summed E-state index contributed by atoms with van der Waals surface area (Å²) in [5.74, 6) is 0.0680. The third kappa shape index (κ3) is 11.9. The van der Waals surface area contributed by atoms with Gasteiger partial charge in [0.25, 0.3) is 11.8 Å². The van der Waals surface area contributed by atoms with E-state index in [2.05, 4.69) is 10.6 Å². The summed E-state index contributed by atoms with van der Waals surface area (Å²) in [6.45, 7) is 0.475. The molecule has 18 nitrogen and oxygen atoms in total. The number of aliphatic hydroxyl groups excluding tert-OH is 8. The number of hydrogen-bond acceptors (Lipinski definition) is 16. The topological polar surface area (TPSA) is 275 Å². The molecule has 2 aliphatic rings. The molecular formula is C44H52N2O16. The summed E-state index contributed by atoms with van der Waals surface area (Å²) >= 11 is 0. The van der Waals surface area contributed by atoms with Gasteiger partial charge in [0, 0.05) is 24.2 Å². The second kappa shape index (κ2) is 22.3. The Kier molecular flexibility index (Phi) is 16.7. The molecule has 2 amide bonds.